The lowest BCUT2D eigenvalue weighted by atomic mass is 10.1. The van der Waals surface area contributed by atoms with Gasteiger partial charge in [0.1, 0.15) is 5.82 Å². The number of aromatic amines is 1. The number of aryl methyl sites for hydroxylation is 1. The molecule has 0 atom stereocenters. The quantitative estimate of drug-likeness (QED) is 0.446. The van der Waals surface area contributed by atoms with E-state index in [0.29, 0.717) is 29.2 Å². The number of hydrogen-bond acceptors (Lipinski definition) is 5. The van der Waals surface area contributed by atoms with Crippen LogP contribution in [-0.2, 0) is 16.4 Å². The van der Waals surface area contributed by atoms with E-state index in [4.69, 9.17) is 5.21 Å². The van der Waals surface area contributed by atoms with Gasteiger partial charge in [-0.3, -0.25) is 4.72 Å². The minimum Gasteiger partial charge on any atom is -0.411 e. The van der Waals surface area contributed by atoms with Gasteiger partial charge in [-0.1, -0.05) is 30.3 Å². The van der Waals surface area contributed by atoms with E-state index in [1.165, 1.54) is 6.20 Å². The Hall–Kier alpha value is -2.35. The molecule has 0 unspecified atom stereocenters. The molecule has 8 heteroatoms. The van der Waals surface area contributed by atoms with Crippen molar-refractivity contribution in [2.24, 2.45) is 5.16 Å². The van der Waals surface area contributed by atoms with Crippen LogP contribution in [-0.4, -0.2) is 29.3 Å². The lowest BCUT2D eigenvalue weighted by Crippen LogP contribution is -2.15. The van der Waals surface area contributed by atoms with Gasteiger partial charge in [0.05, 0.1) is 17.6 Å². The molecule has 7 nitrogen and oxygen atoms in total. The molecule has 3 N–H and O–H groups in total. The van der Waals surface area contributed by atoms with E-state index in [9.17, 15) is 8.42 Å². The van der Waals surface area contributed by atoms with Crippen molar-refractivity contribution < 1.29 is 13.6 Å². The van der Waals surface area contributed by atoms with Crippen LogP contribution in [0.2, 0.25) is 0 Å². The van der Waals surface area contributed by atoms with Crippen molar-refractivity contribution in [2.45, 2.75) is 25.3 Å². The SMILES string of the molecule is CCc1ncc(S(=O)(=O)Nc2ccccc2C(C)=NO)[nH]1. The Labute approximate surface area is 122 Å². The summed E-state index contributed by atoms with van der Waals surface area (Å²) >= 11 is 0. The van der Waals surface area contributed by atoms with Crippen LogP contribution in [0.1, 0.15) is 25.2 Å². The second kappa shape index (κ2) is 5.96. The minimum atomic E-state index is -3.77. The normalized spacial score (nSPS) is 12.4. The molecule has 0 aliphatic carbocycles. The van der Waals surface area contributed by atoms with E-state index in [1.54, 1.807) is 31.2 Å². The summed E-state index contributed by atoms with van der Waals surface area (Å²) in [5, 5.41) is 12.0. The molecule has 0 saturated heterocycles. The average molecular weight is 308 g/mol. The molecule has 0 radical (unpaired) electrons. The van der Waals surface area contributed by atoms with E-state index in [2.05, 4.69) is 19.8 Å². The number of rotatable bonds is 5. The van der Waals surface area contributed by atoms with Gasteiger partial charge in [0.15, 0.2) is 5.03 Å². The highest BCUT2D eigenvalue weighted by Gasteiger charge is 2.19. The van der Waals surface area contributed by atoms with Crippen LogP contribution < -0.4 is 4.72 Å². The molecule has 0 bridgehead atoms. The van der Waals surface area contributed by atoms with Crippen LogP contribution in [0.5, 0.6) is 0 Å². The van der Waals surface area contributed by atoms with Crippen molar-refractivity contribution in [1.82, 2.24) is 9.97 Å². The number of hydrogen-bond donors (Lipinski definition) is 3. The van der Waals surface area contributed by atoms with Crippen LogP contribution in [0, 0.1) is 0 Å². The predicted octanol–water partition coefficient (Wildman–Crippen LogP) is 1.97. The first-order valence-electron chi connectivity index (χ1n) is 6.32. The van der Waals surface area contributed by atoms with Gasteiger partial charge < -0.3 is 10.2 Å². The zero-order valence-corrected chi connectivity index (χ0v) is 12.5. The van der Waals surface area contributed by atoms with Crippen molar-refractivity contribution >= 4 is 21.4 Å². The van der Waals surface area contributed by atoms with Crippen molar-refractivity contribution in [3.63, 3.8) is 0 Å². The number of sulfonamides is 1. The highest BCUT2D eigenvalue weighted by atomic mass is 32.2. The van der Waals surface area contributed by atoms with Gasteiger partial charge in [0, 0.05) is 12.0 Å². The summed E-state index contributed by atoms with van der Waals surface area (Å²) in [6, 6.07) is 6.68. The molecule has 112 valence electrons. The zero-order chi connectivity index (χ0) is 15.5. The maximum Gasteiger partial charge on any atom is 0.279 e. The predicted molar refractivity (Wildman–Crippen MR) is 79.2 cm³/mol. The topological polar surface area (TPSA) is 107 Å². The van der Waals surface area contributed by atoms with Crippen LogP contribution in [0.4, 0.5) is 5.69 Å². The number of imidazole rings is 1. The third-order valence-corrected chi connectivity index (χ3v) is 4.22. The Morgan fingerprint density at radius 1 is 1.43 bits per heavy atom. The first kappa shape index (κ1) is 15.0. The molecule has 1 aromatic heterocycles. The molecule has 1 aromatic carbocycles. The second-order valence-electron chi connectivity index (χ2n) is 4.38. The standard InChI is InChI=1S/C13H16N4O3S/c1-3-12-14-8-13(15-12)21(19,20)17-11-7-5-4-6-10(11)9(2)16-18/h4-8,17-18H,3H2,1-2H3,(H,14,15). The first-order valence-corrected chi connectivity index (χ1v) is 7.81. The Bertz CT molecular complexity index is 765. The average Bonchev–Trinajstić information content (AvgIpc) is 2.96. The van der Waals surface area contributed by atoms with E-state index >= 15 is 0 Å². The molecular formula is C13H16N4O3S. The summed E-state index contributed by atoms with van der Waals surface area (Å²) in [5.74, 6) is 0.594. The number of nitrogens with one attached hydrogen (secondary N) is 2. The Balaban J connectivity index is 2.37. The van der Waals surface area contributed by atoms with Crippen molar-refractivity contribution in [3.05, 3.63) is 41.9 Å². The summed E-state index contributed by atoms with van der Waals surface area (Å²) in [5.41, 5.74) is 1.14. The number of H-pyrrole nitrogens is 1. The molecule has 0 aliphatic heterocycles. The van der Waals surface area contributed by atoms with Gasteiger partial charge in [0.2, 0.25) is 0 Å². The maximum absolute atomic E-state index is 12.3. The van der Waals surface area contributed by atoms with Crippen LogP contribution in [0.3, 0.4) is 0 Å². The Kier molecular flexibility index (Phi) is 4.27. The fraction of sp³-hybridized carbons (Fsp3) is 0.231. The number of anilines is 1. The van der Waals surface area contributed by atoms with Crippen molar-refractivity contribution in [2.75, 3.05) is 4.72 Å². The van der Waals surface area contributed by atoms with Gasteiger partial charge in [0.25, 0.3) is 10.0 Å². The molecule has 0 spiro atoms. The third-order valence-electron chi connectivity index (χ3n) is 2.94. The summed E-state index contributed by atoms with van der Waals surface area (Å²) in [4.78, 5) is 6.72. The van der Waals surface area contributed by atoms with Crippen molar-refractivity contribution in [1.29, 1.82) is 0 Å². The van der Waals surface area contributed by atoms with Crippen molar-refractivity contribution in [3.8, 4) is 0 Å². The molecule has 0 fully saturated rings. The summed E-state index contributed by atoms with van der Waals surface area (Å²) in [6.45, 7) is 3.46. The minimum absolute atomic E-state index is 0.00672. The van der Waals surface area contributed by atoms with E-state index in [1.807, 2.05) is 6.92 Å². The highest BCUT2D eigenvalue weighted by Crippen LogP contribution is 2.20. The van der Waals surface area contributed by atoms with Gasteiger partial charge in [-0.15, -0.1) is 0 Å². The molecule has 0 saturated carbocycles. The van der Waals surface area contributed by atoms with E-state index < -0.39 is 10.0 Å². The molecule has 0 aliphatic rings. The maximum atomic E-state index is 12.3. The molecule has 21 heavy (non-hydrogen) atoms. The molecular weight excluding hydrogens is 292 g/mol. The van der Waals surface area contributed by atoms with Gasteiger partial charge >= 0.3 is 0 Å². The third kappa shape index (κ3) is 3.22. The van der Waals surface area contributed by atoms with E-state index in [0.717, 1.165) is 0 Å². The largest absolute Gasteiger partial charge is 0.411 e. The Morgan fingerprint density at radius 2 is 2.14 bits per heavy atom. The highest BCUT2D eigenvalue weighted by molar-refractivity contribution is 7.92. The molecule has 1 heterocycles. The van der Waals surface area contributed by atoms with Crippen LogP contribution in [0.25, 0.3) is 0 Å². The summed E-state index contributed by atoms with van der Waals surface area (Å²) in [7, 11) is -3.77. The fourth-order valence-electron chi connectivity index (χ4n) is 1.80. The molecule has 0 amide bonds. The summed E-state index contributed by atoms with van der Waals surface area (Å²) < 4.78 is 27.1. The van der Waals surface area contributed by atoms with Gasteiger partial charge in [-0.05, 0) is 13.0 Å². The van der Waals surface area contributed by atoms with Crippen LogP contribution >= 0.6 is 0 Å². The number of oxime groups is 1. The number of benzene rings is 1. The lowest BCUT2D eigenvalue weighted by Gasteiger charge is -2.10. The van der Waals surface area contributed by atoms with E-state index in [-0.39, 0.29) is 5.03 Å². The molecule has 2 rings (SSSR count). The summed E-state index contributed by atoms with van der Waals surface area (Å²) in [6.07, 6.45) is 1.89. The lowest BCUT2D eigenvalue weighted by molar-refractivity contribution is 0.319. The second-order valence-corrected chi connectivity index (χ2v) is 6.04. The smallest absolute Gasteiger partial charge is 0.279 e. The van der Waals surface area contributed by atoms with Gasteiger partial charge in [-0.2, -0.15) is 8.42 Å². The first-order chi connectivity index (χ1) is 9.97. The van der Waals surface area contributed by atoms with Crippen LogP contribution in [0.15, 0.2) is 40.6 Å². The monoisotopic (exact) mass is 308 g/mol. The Morgan fingerprint density at radius 3 is 2.76 bits per heavy atom. The number of nitrogens with zero attached hydrogens (tertiary/aromatic N) is 2. The zero-order valence-electron chi connectivity index (χ0n) is 11.7. The fourth-order valence-corrected chi connectivity index (χ4v) is 2.82. The number of para-hydroxylation sites is 1. The van der Waals surface area contributed by atoms with Gasteiger partial charge in [-0.25, -0.2) is 4.98 Å². The number of aromatic nitrogens is 2. The molecule has 2 aromatic rings.